The van der Waals surface area contributed by atoms with E-state index in [0.29, 0.717) is 19.3 Å². The Bertz CT molecular complexity index is 1250. The van der Waals surface area contributed by atoms with Gasteiger partial charge in [-0.05, 0) is 96.3 Å². The van der Waals surface area contributed by atoms with E-state index in [0.717, 1.165) is 135 Å². The molecule has 1 atom stereocenters. The number of carbonyl (C=O) groups excluding carboxylic acids is 3. The van der Waals surface area contributed by atoms with E-state index in [1.807, 2.05) is 0 Å². The van der Waals surface area contributed by atoms with E-state index in [2.05, 4.69) is 118 Å². The molecule has 0 aliphatic carbocycles. The molecule has 0 aromatic rings. The fourth-order valence-corrected chi connectivity index (χ4v) is 6.41. The summed E-state index contributed by atoms with van der Waals surface area (Å²) in [5, 5.41) is 0. The van der Waals surface area contributed by atoms with E-state index in [9.17, 15) is 14.4 Å². The smallest absolute Gasteiger partial charge is 0.306 e. The molecule has 0 fully saturated rings. The molecule has 346 valence electrons. The standard InChI is InChI=1S/C55H90O6/c1-4-7-10-13-16-19-22-24-25-26-27-28-29-31-33-36-39-42-45-48-54(57)60-51-52(50-59-53(56)47-44-41-38-35-32-21-18-15-12-9-6-3)61-55(58)49-46-43-40-37-34-30-23-20-17-14-11-8-5-2/h7-8,10-11,14-20,23-25,27-28,52H,4-6,9,12-13,21-22,26,29-51H2,1-3H3/b10-7-,11-8-,17-14-,18-15-,19-16-,23-20-,25-24-,28-27-. The molecule has 1 unspecified atom stereocenters. The van der Waals surface area contributed by atoms with Crippen LogP contribution in [0.5, 0.6) is 0 Å². The first-order valence-corrected chi connectivity index (χ1v) is 24.8. The highest BCUT2D eigenvalue weighted by Gasteiger charge is 2.19. The summed E-state index contributed by atoms with van der Waals surface area (Å²) in [5.41, 5.74) is 0. The molecule has 61 heavy (non-hydrogen) atoms. The van der Waals surface area contributed by atoms with Crippen LogP contribution >= 0.6 is 0 Å². The molecule has 0 aromatic heterocycles. The van der Waals surface area contributed by atoms with Gasteiger partial charge in [0.1, 0.15) is 13.2 Å². The van der Waals surface area contributed by atoms with Gasteiger partial charge in [-0.25, -0.2) is 0 Å². The molecule has 6 heteroatoms. The van der Waals surface area contributed by atoms with Gasteiger partial charge in [-0.1, -0.05) is 195 Å². The van der Waals surface area contributed by atoms with E-state index in [4.69, 9.17) is 14.2 Å². The third-order valence-electron chi connectivity index (χ3n) is 10.1. The maximum atomic E-state index is 12.8. The lowest BCUT2D eigenvalue weighted by atomic mass is 10.1. The summed E-state index contributed by atoms with van der Waals surface area (Å²) in [6.45, 7) is 6.30. The first kappa shape index (κ1) is 57.3. The van der Waals surface area contributed by atoms with Crippen LogP contribution < -0.4 is 0 Å². The number of carbonyl (C=O) groups is 3. The first-order chi connectivity index (χ1) is 30.0. The van der Waals surface area contributed by atoms with E-state index in [1.165, 1.54) is 38.5 Å². The van der Waals surface area contributed by atoms with Gasteiger partial charge < -0.3 is 14.2 Å². The third kappa shape index (κ3) is 47.2. The van der Waals surface area contributed by atoms with Gasteiger partial charge in [0.05, 0.1) is 0 Å². The molecule has 0 aliphatic rings. The Balaban J connectivity index is 4.42. The zero-order valence-electron chi connectivity index (χ0n) is 39.4. The lowest BCUT2D eigenvalue weighted by molar-refractivity contribution is -0.167. The number of unbranched alkanes of at least 4 members (excludes halogenated alkanes) is 18. The summed E-state index contributed by atoms with van der Waals surface area (Å²) in [4.78, 5) is 37.9. The summed E-state index contributed by atoms with van der Waals surface area (Å²) < 4.78 is 16.7. The largest absolute Gasteiger partial charge is 0.462 e. The highest BCUT2D eigenvalue weighted by molar-refractivity contribution is 5.71. The van der Waals surface area contributed by atoms with E-state index < -0.39 is 6.10 Å². The molecule has 6 nitrogen and oxygen atoms in total. The second kappa shape index (κ2) is 49.0. The zero-order chi connectivity index (χ0) is 44.4. The van der Waals surface area contributed by atoms with Crippen molar-refractivity contribution in [2.45, 2.75) is 219 Å². The molecule has 0 saturated carbocycles. The average molecular weight is 847 g/mol. The molecular weight excluding hydrogens is 757 g/mol. The van der Waals surface area contributed by atoms with Gasteiger partial charge in [0.15, 0.2) is 6.10 Å². The predicted molar refractivity (Wildman–Crippen MR) is 260 cm³/mol. The fourth-order valence-electron chi connectivity index (χ4n) is 6.41. The van der Waals surface area contributed by atoms with Crippen LogP contribution in [0.2, 0.25) is 0 Å². The fraction of sp³-hybridized carbons (Fsp3) is 0.655. The maximum Gasteiger partial charge on any atom is 0.306 e. The van der Waals surface area contributed by atoms with Crippen molar-refractivity contribution < 1.29 is 28.6 Å². The Morgan fingerprint density at radius 2 is 0.721 bits per heavy atom. The Morgan fingerprint density at radius 1 is 0.361 bits per heavy atom. The van der Waals surface area contributed by atoms with Gasteiger partial charge in [-0.2, -0.15) is 0 Å². The van der Waals surface area contributed by atoms with Gasteiger partial charge in [-0.3, -0.25) is 14.4 Å². The van der Waals surface area contributed by atoms with Crippen molar-refractivity contribution in [3.63, 3.8) is 0 Å². The quantitative estimate of drug-likeness (QED) is 0.0200. The topological polar surface area (TPSA) is 78.9 Å². The summed E-state index contributed by atoms with van der Waals surface area (Å²) in [5.74, 6) is -0.947. The minimum Gasteiger partial charge on any atom is -0.462 e. The van der Waals surface area contributed by atoms with Crippen molar-refractivity contribution in [3.8, 4) is 0 Å². The molecule has 0 amide bonds. The van der Waals surface area contributed by atoms with Crippen molar-refractivity contribution >= 4 is 17.9 Å². The number of esters is 3. The molecule has 0 bridgehead atoms. The van der Waals surface area contributed by atoms with Crippen molar-refractivity contribution in [3.05, 3.63) is 97.2 Å². The number of rotatable bonds is 43. The summed E-state index contributed by atoms with van der Waals surface area (Å²) >= 11 is 0. The lowest BCUT2D eigenvalue weighted by Crippen LogP contribution is -2.30. The van der Waals surface area contributed by atoms with Crippen molar-refractivity contribution in [2.24, 2.45) is 0 Å². The van der Waals surface area contributed by atoms with Crippen LogP contribution in [0, 0.1) is 0 Å². The molecule has 0 spiro atoms. The monoisotopic (exact) mass is 847 g/mol. The van der Waals surface area contributed by atoms with Crippen molar-refractivity contribution in [1.82, 2.24) is 0 Å². The van der Waals surface area contributed by atoms with Crippen LogP contribution in [0.15, 0.2) is 97.2 Å². The van der Waals surface area contributed by atoms with E-state index >= 15 is 0 Å². The van der Waals surface area contributed by atoms with Crippen LogP contribution in [0.1, 0.15) is 213 Å². The highest BCUT2D eigenvalue weighted by Crippen LogP contribution is 2.13. The summed E-state index contributed by atoms with van der Waals surface area (Å²) in [7, 11) is 0. The second-order valence-corrected chi connectivity index (χ2v) is 16.0. The first-order valence-electron chi connectivity index (χ1n) is 24.8. The lowest BCUT2D eigenvalue weighted by Gasteiger charge is -2.18. The molecular formula is C55H90O6. The predicted octanol–water partition coefficient (Wildman–Crippen LogP) is 16.2. The van der Waals surface area contributed by atoms with Gasteiger partial charge in [0, 0.05) is 19.3 Å². The highest BCUT2D eigenvalue weighted by atomic mass is 16.6. The molecule has 0 saturated heterocycles. The second-order valence-electron chi connectivity index (χ2n) is 16.0. The normalized spacial score (nSPS) is 12.9. The maximum absolute atomic E-state index is 12.8. The van der Waals surface area contributed by atoms with Gasteiger partial charge in [0.25, 0.3) is 0 Å². The number of hydrogen-bond acceptors (Lipinski definition) is 6. The molecule has 0 heterocycles. The average Bonchev–Trinajstić information content (AvgIpc) is 3.26. The SMILES string of the molecule is CC\C=C/C=C\C=C/CCCCCCCC(=O)OC(COC(=O)CCCCCCC/C=C\CCCC)COC(=O)CCCCCCCC/C=C\C/C=C\C/C=C\C/C=C\CC. The zero-order valence-corrected chi connectivity index (χ0v) is 39.4. The van der Waals surface area contributed by atoms with Crippen molar-refractivity contribution in [1.29, 1.82) is 0 Å². The Labute approximate surface area is 375 Å². The van der Waals surface area contributed by atoms with Gasteiger partial charge in [0.2, 0.25) is 0 Å². The Kier molecular flexibility index (Phi) is 46.0. The third-order valence-corrected chi connectivity index (χ3v) is 10.1. The number of allylic oxidation sites excluding steroid dienone is 16. The van der Waals surface area contributed by atoms with Crippen LogP contribution in [-0.4, -0.2) is 37.2 Å². The molecule has 0 rings (SSSR count). The molecule has 0 aliphatic heterocycles. The van der Waals surface area contributed by atoms with Crippen LogP contribution in [0.3, 0.4) is 0 Å². The Morgan fingerprint density at radius 3 is 1.20 bits per heavy atom. The number of hydrogen-bond donors (Lipinski definition) is 0. The van der Waals surface area contributed by atoms with Crippen LogP contribution in [0.4, 0.5) is 0 Å². The number of ether oxygens (including phenoxy) is 3. The van der Waals surface area contributed by atoms with Gasteiger partial charge >= 0.3 is 17.9 Å². The molecule has 0 radical (unpaired) electrons. The van der Waals surface area contributed by atoms with Crippen LogP contribution in [0.25, 0.3) is 0 Å². The Hall–Kier alpha value is -3.67. The van der Waals surface area contributed by atoms with Gasteiger partial charge in [-0.15, -0.1) is 0 Å². The molecule has 0 N–H and O–H groups in total. The minimum absolute atomic E-state index is 0.0965. The minimum atomic E-state index is -0.797. The summed E-state index contributed by atoms with van der Waals surface area (Å²) in [6.07, 6.45) is 63.9. The van der Waals surface area contributed by atoms with Crippen LogP contribution in [-0.2, 0) is 28.6 Å². The van der Waals surface area contributed by atoms with E-state index in [-0.39, 0.29) is 31.1 Å². The summed E-state index contributed by atoms with van der Waals surface area (Å²) in [6, 6.07) is 0. The molecule has 0 aromatic carbocycles. The van der Waals surface area contributed by atoms with E-state index in [1.54, 1.807) is 0 Å². The van der Waals surface area contributed by atoms with Crippen molar-refractivity contribution in [2.75, 3.05) is 13.2 Å².